The summed E-state index contributed by atoms with van der Waals surface area (Å²) in [5, 5.41) is 10.3. The molecule has 2 nitrogen and oxygen atoms in total. The Balaban J connectivity index is 0.00000147. The predicted molar refractivity (Wildman–Crippen MR) is 84.6 cm³/mol. The monoisotopic (exact) mass is 289 g/mol. The number of rotatable bonds is 1. The maximum Gasteiger partial charge on any atom is 0.123 e. The summed E-state index contributed by atoms with van der Waals surface area (Å²) in [6.07, 6.45) is 0.917. The third-order valence-electron chi connectivity index (χ3n) is 4.28. The molecule has 2 atom stereocenters. The molecule has 3 N–H and O–H groups in total. The molecule has 0 radical (unpaired) electrons. The number of aryl methyl sites for hydroxylation is 2. The molecular formula is C17H20ClNO. The minimum absolute atomic E-state index is 0. The Kier molecular flexibility index (Phi) is 4.07. The Labute approximate surface area is 126 Å². The van der Waals surface area contributed by atoms with Gasteiger partial charge in [0, 0.05) is 17.5 Å². The average Bonchev–Trinajstić information content (AvgIpc) is 2.76. The van der Waals surface area contributed by atoms with Crippen molar-refractivity contribution in [1.29, 1.82) is 0 Å². The smallest absolute Gasteiger partial charge is 0.123 e. The maximum atomic E-state index is 10.3. The first-order chi connectivity index (χ1) is 9.09. The summed E-state index contributed by atoms with van der Waals surface area (Å²) in [4.78, 5) is 0. The lowest BCUT2D eigenvalue weighted by Gasteiger charge is -2.17. The van der Waals surface area contributed by atoms with Crippen LogP contribution in [0.3, 0.4) is 0 Å². The van der Waals surface area contributed by atoms with Gasteiger partial charge in [-0.05, 0) is 42.5 Å². The van der Waals surface area contributed by atoms with Crippen molar-refractivity contribution in [1.82, 2.24) is 0 Å². The van der Waals surface area contributed by atoms with Crippen LogP contribution in [0.1, 0.15) is 39.8 Å². The molecule has 0 heterocycles. The van der Waals surface area contributed by atoms with E-state index in [1.54, 1.807) is 0 Å². The molecular weight excluding hydrogens is 270 g/mol. The van der Waals surface area contributed by atoms with Crippen molar-refractivity contribution in [3.8, 4) is 5.75 Å². The highest BCUT2D eigenvalue weighted by atomic mass is 35.5. The summed E-state index contributed by atoms with van der Waals surface area (Å²) < 4.78 is 0. The van der Waals surface area contributed by atoms with E-state index in [4.69, 9.17) is 5.73 Å². The molecule has 2 aromatic carbocycles. The van der Waals surface area contributed by atoms with Crippen LogP contribution < -0.4 is 5.73 Å². The van der Waals surface area contributed by atoms with Crippen LogP contribution in [0.25, 0.3) is 0 Å². The molecule has 2 aromatic rings. The number of hydrogen-bond acceptors (Lipinski definition) is 2. The van der Waals surface area contributed by atoms with Crippen LogP contribution in [0.4, 0.5) is 0 Å². The normalized spacial score (nSPS) is 20.4. The quantitative estimate of drug-likeness (QED) is 0.839. The van der Waals surface area contributed by atoms with Crippen LogP contribution in [-0.4, -0.2) is 5.11 Å². The zero-order chi connectivity index (χ0) is 13.6. The number of benzene rings is 2. The van der Waals surface area contributed by atoms with Crippen molar-refractivity contribution in [2.75, 3.05) is 0 Å². The van der Waals surface area contributed by atoms with Crippen molar-refractivity contribution in [3.05, 3.63) is 64.2 Å². The van der Waals surface area contributed by atoms with Crippen LogP contribution >= 0.6 is 12.4 Å². The Morgan fingerprint density at radius 3 is 2.40 bits per heavy atom. The number of nitrogens with two attached hydrogens (primary N) is 1. The lowest BCUT2D eigenvalue weighted by molar-refractivity contribution is 0.456. The lowest BCUT2D eigenvalue weighted by atomic mass is 9.92. The molecule has 0 spiro atoms. The number of halogens is 1. The largest absolute Gasteiger partial charge is 0.507 e. The maximum absolute atomic E-state index is 10.3. The topological polar surface area (TPSA) is 46.2 Å². The Bertz CT molecular complexity index is 625. The van der Waals surface area contributed by atoms with Crippen molar-refractivity contribution in [2.45, 2.75) is 32.2 Å². The first kappa shape index (κ1) is 14.9. The molecule has 2 unspecified atom stereocenters. The van der Waals surface area contributed by atoms with E-state index in [2.05, 4.69) is 19.1 Å². The summed E-state index contributed by atoms with van der Waals surface area (Å²) in [5.41, 5.74) is 12.0. The summed E-state index contributed by atoms with van der Waals surface area (Å²) >= 11 is 0. The zero-order valence-corrected chi connectivity index (χ0v) is 12.6. The Hall–Kier alpha value is -1.51. The fourth-order valence-electron chi connectivity index (χ4n) is 3.25. The van der Waals surface area contributed by atoms with Crippen LogP contribution in [0.5, 0.6) is 5.75 Å². The summed E-state index contributed by atoms with van der Waals surface area (Å²) in [6.45, 7) is 4.04. The first-order valence-corrected chi connectivity index (χ1v) is 6.72. The molecule has 1 aliphatic carbocycles. The highest BCUT2D eigenvalue weighted by molar-refractivity contribution is 5.85. The van der Waals surface area contributed by atoms with Gasteiger partial charge in [0.05, 0.1) is 0 Å². The average molecular weight is 290 g/mol. The van der Waals surface area contributed by atoms with Crippen LogP contribution in [0.15, 0.2) is 36.4 Å². The van der Waals surface area contributed by atoms with Crippen molar-refractivity contribution in [3.63, 3.8) is 0 Å². The minimum Gasteiger partial charge on any atom is -0.507 e. The fourth-order valence-corrected chi connectivity index (χ4v) is 3.25. The molecule has 3 rings (SSSR count). The molecule has 0 saturated carbocycles. The second kappa shape index (κ2) is 5.47. The van der Waals surface area contributed by atoms with Gasteiger partial charge in [-0.1, -0.05) is 36.4 Å². The van der Waals surface area contributed by atoms with Gasteiger partial charge in [0.2, 0.25) is 0 Å². The summed E-state index contributed by atoms with van der Waals surface area (Å²) in [6, 6.07) is 12.3. The lowest BCUT2D eigenvalue weighted by Crippen LogP contribution is -2.15. The van der Waals surface area contributed by atoms with E-state index in [1.165, 1.54) is 16.7 Å². The van der Waals surface area contributed by atoms with Crippen molar-refractivity contribution in [2.24, 2.45) is 5.73 Å². The van der Waals surface area contributed by atoms with E-state index in [9.17, 15) is 5.11 Å². The third-order valence-corrected chi connectivity index (χ3v) is 4.28. The van der Waals surface area contributed by atoms with Crippen molar-refractivity contribution >= 4 is 12.4 Å². The first-order valence-electron chi connectivity index (χ1n) is 6.72. The number of aromatic hydroxyl groups is 1. The van der Waals surface area contributed by atoms with Gasteiger partial charge in [-0.3, -0.25) is 0 Å². The van der Waals surface area contributed by atoms with Gasteiger partial charge in [0.25, 0.3) is 0 Å². The zero-order valence-electron chi connectivity index (χ0n) is 11.8. The number of hydrogen-bond donors (Lipinski definition) is 2. The van der Waals surface area contributed by atoms with Gasteiger partial charge < -0.3 is 10.8 Å². The molecule has 106 valence electrons. The molecule has 0 aliphatic heterocycles. The number of fused-ring (bicyclic) bond motifs is 1. The third kappa shape index (κ3) is 2.19. The molecule has 0 amide bonds. The standard InChI is InChI=1S/C17H19NO.ClH/c1-10-8-11(2)17(19)15-13(10)9-14(16(15)18)12-6-4-3-5-7-12;/h3-8,14,16,19H,9,18H2,1-2H3;1H. The van der Waals surface area contributed by atoms with Crippen LogP contribution in [0.2, 0.25) is 0 Å². The highest BCUT2D eigenvalue weighted by Gasteiger charge is 2.34. The highest BCUT2D eigenvalue weighted by Crippen LogP contribution is 2.47. The van der Waals surface area contributed by atoms with E-state index in [0.29, 0.717) is 5.75 Å². The van der Waals surface area contributed by atoms with E-state index in [-0.39, 0.29) is 24.4 Å². The molecule has 0 bridgehead atoms. The second-order valence-electron chi connectivity index (χ2n) is 5.50. The van der Waals surface area contributed by atoms with Gasteiger partial charge >= 0.3 is 0 Å². The summed E-state index contributed by atoms with van der Waals surface area (Å²) in [7, 11) is 0. The van der Waals surface area contributed by atoms with Gasteiger partial charge in [0.1, 0.15) is 5.75 Å². The Morgan fingerprint density at radius 2 is 1.75 bits per heavy atom. The minimum atomic E-state index is -0.115. The number of phenolic OH excluding ortho intramolecular Hbond substituents is 1. The van der Waals surface area contributed by atoms with Gasteiger partial charge in [0.15, 0.2) is 0 Å². The second-order valence-corrected chi connectivity index (χ2v) is 5.50. The van der Waals surface area contributed by atoms with Gasteiger partial charge in [-0.15, -0.1) is 12.4 Å². The van der Waals surface area contributed by atoms with E-state index < -0.39 is 0 Å². The van der Waals surface area contributed by atoms with E-state index >= 15 is 0 Å². The van der Waals surface area contributed by atoms with Gasteiger partial charge in [-0.2, -0.15) is 0 Å². The van der Waals surface area contributed by atoms with E-state index in [1.807, 2.05) is 31.2 Å². The molecule has 0 aromatic heterocycles. The molecule has 0 fully saturated rings. The molecule has 20 heavy (non-hydrogen) atoms. The summed E-state index contributed by atoms with van der Waals surface area (Å²) in [5.74, 6) is 0.647. The molecule has 0 saturated heterocycles. The van der Waals surface area contributed by atoms with Crippen LogP contribution in [-0.2, 0) is 6.42 Å². The Morgan fingerprint density at radius 1 is 1.10 bits per heavy atom. The molecule has 3 heteroatoms. The number of phenols is 1. The SMILES string of the molecule is Cc1cc(C)c2c(c1O)C(N)C(c1ccccc1)C2.Cl. The molecule has 1 aliphatic rings. The predicted octanol–water partition coefficient (Wildman–Crippen LogP) is 3.77. The van der Waals surface area contributed by atoms with Crippen molar-refractivity contribution < 1.29 is 5.11 Å². The fraction of sp³-hybridized carbons (Fsp3) is 0.294. The van der Waals surface area contributed by atoms with E-state index in [0.717, 1.165) is 17.5 Å². The van der Waals surface area contributed by atoms with Gasteiger partial charge in [-0.25, -0.2) is 0 Å². The van der Waals surface area contributed by atoms with Crippen LogP contribution in [0, 0.1) is 13.8 Å².